The summed E-state index contributed by atoms with van der Waals surface area (Å²) in [5.74, 6) is 0. The number of ether oxygens (including phenoxy) is 3. The third kappa shape index (κ3) is 2.89. The highest BCUT2D eigenvalue weighted by Gasteiger charge is 2.47. The molecule has 0 aromatic heterocycles. The van der Waals surface area contributed by atoms with E-state index in [0.29, 0.717) is 0 Å². The van der Waals surface area contributed by atoms with Gasteiger partial charge in [-0.3, -0.25) is 0 Å². The summed E-state index contributed by atoms with van der Waals surface area (Å²) in [4.78, 5) is 0. The van der Waals surface area contributed by atoms with Gasteiger partial charge < -0.3 is 14.2 Å². The molecule has 0 amide bonds. The maximum atomic E-state index is 6.04. The lowest BCUT2D eigenvalue weighted by Crippen LogP contribution is -2.51. The molecule has 0 saturated carbocycles. The van der Waals surface area contributed by atoms with E-state index in [1.807, 2.05) is 0 Å². The SMILES string of the molecule is C=COCC1(C)CC2CC(C)(OC=C)C[C@H](C1)O2. The quantitative estimate of drug-likeness (QED) is 0.702. The van der Waals surface area contributed by atoms with Crippen molar-refractivity contribution in [3.63, 3.8) is 0 Å². The summed E-state index contributed by atoms with van der Waals surface area (Å²) in [7, 11) is 0. The third-order valence-electron chi connectivity index (χ3n) is 4.06. The molecule has 0 radical (unpaired) electrons. The van der Waals surface area contributed by atoms with Crippen molar-refractivity contribution < 1.29 is 14.2 Å². The van der Waals surface area contributed by atoms with E-state index in [4.69, 9.17) is 14.2 Å². The van der Waals surface area contributed by atoms with Crippen LogP contribution in [0.4, 0.5) is 0 Å². The first-order valence-electron chi connectivity index (χ1n) is 6.65. The van der Waals surface area contributed by atoms with Crippen LogP contribution in [0.2, 0.25) is 0 Å². The molecule has 0 aromatic rings. The van der Waals surface area contributed by atoms with Crippen LogP contribution in [0, 0.1) is 5.41 Å². The van der Waals surface area contributed by atoms with Crippen LogP contribution in [0.5, 0.6) is 0 Å². The molecule has 2 saturated heterocycles. The molecule has 2 aliphatic rings. The van der Waals surface area contributed by atoms with Gasteiger partial charge in [-0.25, -0.2) is 0 Å². The summed E-state index contributed by atoms with van der Waals surface area (Å²) in [5.41, 5.74) is 0.0766. The lowest BCUT2D eigenvalue weighted by Gasteiger charge is -2.50. The van der Waals surface area contributed by atoms with E-state index in [2.05, 4.69) is 27.0 Å². The molecule has 2 fully saturated rings. The minimum atomic E-state index is -0.115. The first-order valence-corrected chi connectivity index (χ1v) is 6.65. The first kappa shape index (κ1) is 13.5. The van der Waals surface area contributed by atoms with Crippen molar-refractivity contribution in [2.75, 3.05) is 6.61 Å². The minimum absolute atomic E-state index is 0.115. The molecule has 0 aromatic carbocycles. The smallest absolute Gasteiger partial charge is 0.110 e. The molecular weight excluding hydrogens is 228 g/mol. The van der Waals surface area contributed by atoms with Crippen LogP contribution in [0.1, 0.15) is 39.5 Å². The Bertz CT molecular complexity index is 310. The molecule has 0 aliphatic carbocycles. The molecule has 4 atom stereocenters. The molecular formula is C15H24O3. The molecule has 0 N–H and O–H groups in total. The van der Waals surface area contributed by atoms with Crippen LogP contribution >= 0.6 is 0 Å². The van der Waals surface area contributed by atoms with Gasteiger partial charge in [0.25, 0.3) is 0 Å². The summed E-state index contributed by atoms with van der Waals surface area (Å²) in [6.07, 6.45) is 7.52. The van der Waals surface area contributed by atoms with E-state index in [0.717, 1.165) is 32.3 Å². The molecule has 2 heterocycles. The zero-order valence-electron chi connectivity index (χ0n) is 11.5. The van der Waals surface area contributed by atoms with E-state index in [9.17, 15) is 0 Å². The highest BCUT2D eigenvalue weighted by atomic mass is 16.5. The van der Waals surface area contributed by atoms with Gasteiger partial charge in [-0.05, 0) is 19.8 Å². The van der Waals surface area contributed by atoms with Gasteiger partial charge in [0.1, 0.15) is 5.60 Å². The Balaban J connectivity index is 2.02. The van der Waals surface area contributed by atoms with Gasteiger partial charge >= 0.3 is 0 Å². The highest BCUT2D eigenvalue weighted by Crippen LogP contribution is 2.46. The summed E-state index contributed by atoms with van der Waals surface area (Å²) in [5, 5.41) is 0. The molecule has 3 nitrogen and oxygen atoms in total. The predicted octanol–water partition coefficient (Wildman–Crippen LogP) is 3.41. The Kier molecular flexibility index (Phi) is 3.71. The number of rotatable bonds is 5. The summed E-state index contributed by atoms with van der Waals surface area (Å²) >= 11 is 0. The Hall–Kier alpha value is -0.960. The Morgan fingerprint density at radius 2 is 1.72 bits per heavy atom. The number of hydrogen-bond acceptors (Lipinski definition) is 3. The Labute approximate surface area is 110 Å². The van der Waals surface area contributed by atoms with Crippen molar-refractivity contribution in [1.82, 2.24) is 0 Å². The van der Waals surface area contributed by atoms with Crippen LogP contribution in [0.25, 0.3) is 0 Å². The van der Waals surface area contributed by atoms with E-state index >= 15 is 0 Å². The minimum Gasteiger partial charge on any atom is -0.501 e. The molecule has 0 spiro atoms. The lowest BCUT2D eigenvalue weighted by atomic mass is 9.70. The van der Waals surface area contributed by atoms with Gasteiger partial charge in [0.05, 0.1) is 31.3 Å². The average Bonchev–Trinajstić information content (AvgIpc) is 2.24. The molecule has 18 heavy (non-hydrogen) atoms. The van der Waals surface area contributed by atoms with Crippen molar-refractivity contribution in [2.24, 2.45) is 5.41 Å². The van der Waals surface area contributed by atoms with Gasteiger partial charge in [-0.15, -0.1) is 0 Å². The van der Waals surface area contributed by atoms with Gasteiger partial charge in [-0.2, -0.15) is 0 Å². The first-order chi connectivity index (χ1) is 8.49. The van der Waals surface area contributed by atoms with Gasteiger partial charge in [0, 0.05) is 18.3 Å². The summed E-state index contributed by atoms with van der Waals surface area (Å²) < 4.78 is 17.1. The summed E-state index contributed by atoms with van der Waals surface area (Å²) in [6, 6.07) is 0. The average molecular weight is 252 g/mol. The van der Waals surface area contributed by atoms with E-state index < -0.39 is 0 Å². The topological polar surface area (TPSA) is 27.7 Å². The van der Waals surface area contributed by atoms with Gasteiger partial charge in [0.15, 0.2) is 0 Å². The monoisotopic (exact) mass is 252 g/mol. The molecule has 2 rings (SSSR count). The second-order valence-corrected chi connectivity index (χ2v) is 6.22. The second-order valence-electron chi connectivity index (χ2n) is 6.22. The van der Waals surface area contributed by atoms with Crippen LogP contribution in [-0.2, 0) is 14.2 Å². The van der Waals surface area contributed by atoms with E-state index in [-0.39, 0.29) is 23.2 Å². The molecule has 2 aliphatic heterocycles. The second kappa shape index (κ2) is 4.96. The fraction of sp³-hybridized carbons (Fsp3) is 0.733. The van der Waals surface area contributed by atoms with Crippen molar-refractivity contribution >= 4 is 0 Å². The van der Waals surface area contributed by atoms with Crippen molar-refractivity contribution in [3.05, 3.63) is 25.7 Å². The maximum absolute atomic E-state index is 6.04. The normalized spacial score (nSPS) is 43.0. The Morgan fingerprint density at radius 1 is 1.11 bits per heavy atom. The van der Waals surface area contributed by atoms with Crippen LogP contribution < -0.4 is 0 Å². The van der Waals surface area contributed by atoms with E-state index in [1.54, 1.807) is 6.26 Å². The number of hydrogen-bond donors (Lipinski definition) is 0. The largest absolute Gasteiger partial charge is 0.501 e. The predicted molar refractivity (Wildman–Crippen MR) is 71.1 cm³/mol. The van der Waals surface area contributed by atoms with Crippen molar-refractivity contribution in [2.45, 2.75) is 57.3 Å². The molecule has 102 valence electrons. The third-order valence-corrected chi connectivity index (χ3v) is 4.06. The molecule has 2 bridgehead atoms. The fourth-order valence-electron chi connectivity index (χ4n) is 3.51. The van der Waals surface area contributed by atoms with Crippen LogP contribution in [0.3, 0.4) is 0 Å². The van der Waals surface area contributed by atoms with Gasteiger partial charge in [0.2, 0.25) is 0 Å². The van der Waals surface area contributed by atoms with Gasteiger partial charge in [-0.1, -0.05) is 20.1 Å². The molecule has 3 unspecified atom stereocenters. The fourth-order valence-corrected chi connectivity index (χ4v) is 3.51. The van der Waals surface area contributed by atoms with Crippen LogP contribution in [-0.4, -0.2) is 24.4 Å². The molecule has 3 heteroatoms. The van der Waals surface area contributed by atoms with Crippen molar-refractivity contribution in [3.8, 4) is 0 Å². The lowest BCUT2D eigenvalue weighted by molar-refractivity contribution is -0.191. The van der Waals surface area contributed by atoms with Crippen LogP contribution in [0.15, 0.2) is 25.7 Å². The van der Waals surface area contributed by atoms with E-state index in [1.165, 1.54) is 6.26 Å². The maximum Gasteiger partial charge on any atom is 0.110 e. The van der Waals surface area contributed by atoms with Crippen molar-refractivity contribution in [1.29, 1.82) is 0 Å². The Morgan fingerprint density at radius 3 is 2.22 bits per heavy atom. The zero-order chi connectivity index (χ0) is 13.2. The standard InChI is InChI=1S/C15H24O3/c1-5-16-11-14(3)7-12-9-15(4,17-6-2)10-13(8-14)18-12/h5-6,12-13H,1-2,7-11H2,3-4H3/t12-,13?,14?,15?/m0/s1. The zero-order valence-corrected chi connectivity index (χ0v) is 11.5. The summed E-state index contributed by atoms with van der Waals surface area (Å²) in [6.45, 7) is 12.4. The number of fused-ring (bicyclic) bond motifs is 2. The highest BCUT2D eigenvalue weighted by molar-refractivity contribution is 4.98.